The lowest BCUT2D eigenvalue weighted by molar-refractivity contribution is 0.0442. The minimum atomic E-state index is 0.0152. The maximum Gasteiger partial charge on any atom is 0.122 e. The second kappa shape index (κ2) is 10.8. The summed E-state index contributed by atoms with van der Waals surface area (Å²) >= 11 is 0. The third kappa shape index (κ3) is 6.70. The first-order valence-corrected chi connectivity index (χ1v) is 9.04. The van der Waals surface area contributed by atoms with Gasteiger partial charge in [0.15, 0.2) is 0 Å². The highest BCUT2D eigenvalue weighted by Crippen LogP contribution is 2.22. The van der Waals surface area contributed by atoms with Crippen molar-refractivity contribution in [1.82, 2.24) is 4.90 Å². The largest absolute Gasteiger partial charge is 0.497 e. The van der Waals surface area contributed by atoms with Gasteiger partial charge in [0.05, 0.1) is 13.7 Å². The van der Waals surface area contributed by atoms with Crippen LogP contribution in [0.4, 0.5) is 0 Å². The lowest BCUT2D eigenvalue weighted by Crippen LogP contribution is -2.32. The first-order chi connectivity index (χ1) is 12.6. The Kier molecular flexibility index (Phi) is 8.45. The fourth-order valence-corrected chi connectivity index (χ4v) is 2.88. The molecule has 0 aromatic heterocycles. The Morgan fingerprint density at radius 3 is 2.58 bits per heavy atom. The Labute approximate surface area is 157 Å². The van der Waals surface area contributed by atoms with Crippen molar-refractivity contribution in [2.45, 2.75) is 25.9 Å². The van der Waals surface area contributed by atoms with Gasteiger partial charge in [0.2, 0.25) is 0 Å². The number of aryl methyl sites for hydroxylation is 2. The smallest absolute Gasteiger partial charge is 0.122 e. The number of nitrogens with zero attached hydrogens (tertiary/aromatic N) is 1. The molecule has 0 saturated carbocycles. The number of methoxy groups -OCH3 is 1. The van der Waals surface area contributed by atoms with E-state index in [-0.39, 0.29) is 6.10 Å². The molecule has 4 heteroatoms. The van der Waals surface area contributed by atoms with Crippen LogP contribution in [0, 0.1) is 6.61 Å². The third-order valence-electron chi connectivity index (χ3n) is 4.11. The van der Waals surface area contributed by atoms with E-state index in [1.807, 2.05) is 45.3 Å². The topological polar surface area (TPSA) is 30.9 Å². The molecule has 0 N–H and O–H groups in total. The Morgan fingerprint density at radius 2 is 1.85 bits per heavy atom. The standard InChI is InChI=1S/C22H30NO3/c1-5-25-21(16-23(2)3)17-26-22-12-7-6-10-19(22)14-13-18-9-8-11-20(15-18)24-4/h5-12,15,21H,13-14,16-17H2,1-4H3/t21-/m0/s1. The number of hydrogen-bond acceptors (Lipinski definition) is 4. The molecule has 0 spiro atoms. The summed E-state index contributed by atoms with van der Waals surface area (Å²) in [6, 6.07) is 16.4. The van der Waals surface area contributed by atoms with E-state index in [0.29, 0.717) is 6.61 Å². The van der Waals surface area contributed by atoms with Crippen LogP contribution < -0.4 is 9.47 Å². The van der Waals surface area contributed by atoms with Crippen molar-refractivity contribution in [1.29, 1.82) is 0 Å². The maximum atomic E-state index is 6.09. The van der Waals surface area contributed by atoms with Gasteiger partial charge in [-0.3, -0.25) is 0 Å². The number of ether oxygens (including phenoxy) is 3. The zero-order valence-electron chi connectivity index (χ0n) is 16.3. The molecule has 0 heterocycles. The first kappa shape index (κ1) is 20.3. The summed E-state index contributed by atoms with van der Waals surface area (Å²) in [7, 11) is 5.77. The molecule has 2 aromatic rings. The lowest BCUT2D eigenvalue weighted by Gasteiger charge is -2.22. The zero-order valence-corrected chi connectivity index (χ0v) is 16.3. The summed E-state index contributed by atoms with van der Waals surface area (Å²) in [4.78, 5) is 2.10. The maximum absolute atomic E-state index is 6.09. The van der Waals surface area contributed by atoms with Crippen molar-refractivity contribution < 1.29 is 14.2 Å². The van der Waals surface area contributed by atoms with Crippen molar-refractivity contribution in [2.75, 3.05) is 34.4 Å². The number of benzene rings is 2. The van der Waals surface area contributed by atoms with Gasteiger partial charge in [0.25, 0.3) is 0 Å². The molecule has 26 heavy (non-hydrogen) atoms. The molecular weight excluding hydrogens is 326 g/mol. The minimum absolute atomic E-state index is 0.0152. The van der Waals surface area contributed by atoms with Crippen LogP contribution in [0.5, 0.6) is 11.5 Å². The Hall–Kier alpha value is -2.04. The van der Waals surface area contributed by atoms with Crippen LogP contribution in [0.1, 0.15) is 18.1 Å². The van der Waals surface area contributed by atoms with Gasteiger partial charge in [-0.15, -0.1) is 0 Å². The van der Waals surface area contributed by atoms with Gasteiger partial charge in [0, 0.05) is 6.54 Å². The highest BCUT2D eigenvalue weighted by molar-refractivity contribution is 5.35. The summed E-state index contributed by atoms with van der Waals surface area (Å²) in [5.74, 6) is 1.82. The predicted molar refractivity (Wildman–Crippen MR) is 106 cm³/mol. The molecule has 0 aliphatic carbocycles. The second-order valence-electron chi connectivity index (χ2n) is 6.53. The predicted octanol–water partition coefficient (Wildman–Crippen LogP) is 3.99. The van der Waals surface area contributed by atoms with Crippen molar-refractivity contribution in [3.8, 4) is 11.5 Å². The van der Waals surface area contributed by atoms with E-state index in [4.69, 9.17) is 14.2 Å². The summed E-state index contributed by atoms with van der Waals surface area (Å²) in [6.45, 7) is 4.96. The average molecular weight is 356 g/mol. The molecule has 2 rings (SSSR count). The monoisotopic (exact) mass is 356 g/mol. The lowest BCUT2D eigenvalue weighted by atomic mass is 10.0. The van der Waals surface area contributed by atoms with Crippen molar-refractivity contribution in [3.63, 3.8) is 0 Å². The van der Waals surface area contributed by atoms with Gasteiger partial charge in [-0.25, -0.2) is 0 Å². The van der Waals surface area contributed by atoms with E-state index in [1.54, 1.807) is 13.7 Å². The van der Waals surface area contributed by atoms with Crippen LogP contribution in [0.15, 0.2) is 48.5 Å². The van der Waals surface area contributed by atoms with Crippen LogP contribution >= 0.6 is 0 Å². The summed E-state index contributed by atoms with van der Waals surface area (Å²) < 4.78 is 17.1. The van der Waals surface area contributed by atoms with E-state index in [0.717, 1.165) is 30.9 Å². The van der Waals surface area contributed by atoms with Gasteiger partial charge in [-0.05, 0) is 63.2 Å². The third-order valence-corrected chi connectivity index (χ3v) is 4.11. The highest BCUT2D eigenvalue weighted by Gasteiger charge is 2.12. The normalized spacial score (nSPS) is 12.2. The first-order valence-electron chi connectivity index (χ1n) is 9.04. The molecule has 1 radical (unpaired) electrons. The number of hydrogen-bond donors (Lipinski definition) is 0. The van der Waals surface area contributed by atoms with Crippen molar-refractivity contribution in [2.24, 2.45) is 0 Å². The molecule has 0 aliphatic heterocycles. The van der Waals surface area contributed by atoms with Crippen LogP contribution in [0.3, 0.4) is 0 Å². The zero-order chi connectivity index (χ0) is 18.8. The molecule has 0 bridgehead atoms. The Bertz CT molecular complexity index is 657. The van der Waals surface area contributed by atoms with Gasteiger partial charge < -0.3 is 19.1 Å². The van der Waals surface area contributed by atoms with Gasteiger partial charge in [-0.2, -0.15) is 0 Å². The molecule has 0 fully saturated rings. The summed E-state index contributed by atoms with van der Waals surface area (Å²) in [5, 5.41) is 0. The highest BCUT2D eigenvalue weighted by atomic mass is 16.5. The quantitative estimate of drug-likeness (QED) is 0.609. The molecule has 0 amide bonds. The molecule has 0 unspecified atom stereocenters. The summed E-state index contributed by atoms with van der Waals surface area (Å²) in [6.07, 6.45) is 1.88. The van der Waals surface area contributed by atoms with E-state index in [2.05, 4.69) is 29.2 Å². The van der Waals surface area contributed by atoms with E-state index < -0.39 is 0 Å². The summed E-state index contributed by atoms with van der Waals surface area (Å²) in [5.41, 5.74) is 2.47. The van der Waals surface area contributed by atoms with Crippen molar-refractivity contribution in [3.05, 3.63) is 66.3 Å². The minimum Gasteiger partial charge on any atom is -0.497 e. The van der Waals surface area contributed by atoms with Gasteiger partial charge in [0.1, 0.15) is 24.2 Å². The number of rotatable bonds is 11. The molecule has 141 valence electrons. The van der Waals surface area contributed by atoms with Gasteiger partial charge in [-0.1, -0.05) is 30.3 Å². The molecule has 0 saturated heterocycles. The second-order valence-corrected chi connectivity index (χ2v) is 6.53. The molecule has 2 aromatic carbocycles. The number of likely N-dealkylation sites (N-methyl/N-ethyl adjacent to an activating group) is 1. The van der Waals surface area contributed by atoms with Crippen LogP contribution in [0.25, 0.3) is 0 Å². The number of para-hydroxylation sites is 1. The van der Waals surface area contributed by atoms with Crippen LogP contribution in [-0.4, -0.2) is 45.4 Å². The van der Waals surface area contributed by atoms with E-state index in [1.165, 1.54) is 11.1 Å². The molecule has 4 nitrogen and oxygen atoms in total. The average Bonchev–Trinajstić information content (AvgIpc) is 2.65. The Balaban J connectivity index is 1.97. The molecular formula is C22H30NO3. The van der Waals surface area contributed by atoms with Crippen LogP contribution in [-0.2, 0) is 17.6 Å². The van der Waals surface area contributed by atoms with Gasteiger partial charge >= 0.3 is 0 Å². The van der Waals surface area contributed by atoms with Crippen LogP contribution in [0.2, 0.25) is 0 Å². The SMILES string of the molecule is C[CH]O[C@H](COc1ccccc1CCc1cccc(OC)c1)CN(C)C. The molecule has 1 atom stereocenters. The van der Waals surface area contributed by atoms with E-state index in [9.17, 15) is 0 Å². The van der Waals surface area contributed by atoms with Crippen molar-refractivity contribution >= 4 is 0 Å². The fraction of sp³-hybridized carbons (Fsp3) is 0.409. The molecule has 0 aliphatic rings. The fourth-order valence-electron chi connectivity index (χ4n) is 2.88. The Morgan fingerprint density at radius 1 is 1.04 bits per heavy atom. The van der Waals surface area contributed by atoms with E-state index >= 15 is 0 Å².